The van der Waals surface area contributed by atoms with Gasteiger partial charge in [0.25, 0.3) is 0 Å². The number of amides is 1. The normalized spacial score (nSPS) is 15.0. The first-order valence-electron chi connectivity index (χ1n) is 12.2. The predicted molar refractivity (Wildman–Crippen MR) is 145 cm³/mol. The van der Waals surface area contributed by atoms with E-state index in [4.69, 9.17) is 25.8 Å². The average Bonchev–Trinajstić information content (AvgIpc) is 2.88. The number of hydrogen-bond acceptors (Lipinski definition) is 5. The van der Waals surface area contributed by atoms with Crippen LogP contribution in [0.3, 0.4) is 0 Å². The van der Waals surface area contributed by atoms with Crippen LogP contribution in [0, 0.1) is 0 Å². The smallest absolute Gasteiger partial charge is 0.232 e. The van der Waals surface area contributed by atoms with Crippen molar-refractivity contribution in [3.8, 4) is 11.5 Å². The van der Waals surface area contributed by atoms with Crippen LogP contribution in [0.1, 0.15) is 36.1 Å². The van der Waals surface area contributed by atoms with E-state index in [9.17, 15) is 4.79 Å². The molecule has 0 bridgehead atoms. The lowest BCUT2D eigenvalue weighted by molar-refractivity contribution is -0.118. The van der Waals surface area contributed by atoms with Crippen LogP contribution in [-0.4, -0.2) is 46.9 Å². The first-order valence-corrected chi connectivity index (χ1v) is 12.6. The Morgan fingerprint density at radius 3 is 2.33 bits per heavy atom. The lowest BCUT2D eigenvalue weighted by Gasteiger charge is -2.38. The number of anilines is 2. The van der Waals surface area contributed by atoms with Gasteiger partial charge in [-0.25, -0.2) is 0 Å². The third-order valence-electron chi connectivity index (χ3n) is 6.25. The summed E-state index contributed by atoms with van der Waals surface area (Å²) in [5, 5.41) is 0.647. The molecule has 1 amide bonds. The fraction of sp³-hybridized carbons (Fsp3) is 0.345. The maximum Gasteiger partial charge on any atom is 0.232 e. The number of carbonyl (C=O) groups is 1. The molecule has 0 spiro atoms. The predicted octanol–water partition coefficient (Wildman–Crippen LogP) is 5.90. The first-order chi connectivity index (χ1) is 17.4. The second-order valence-electron chi connectivity index (χ2n) is 8.97. The molecule has 0 fully saturated rings. The number of fused-ring (bicyclic) bond motifs is 1. The Morgan fingerprint density at radius 2 is 1.69 bits per heavy atom. The topological polar surface area (TPSA) is 51.2 Å². The molecular weight excluding hydrogens is 476 g/mol. The van der Waals surface area contributed by atoms with Gasteiger partial charge < -0.3 is 24.0 Å². The molecule has 1 atom stereocenters. The van der Waals surface area contributed by atoms with E-state index in [0.29, 0.717) is 36.3 Å². The van der Waals surface area contributed by atoms with Crippen molar-refractivity contribution in [3.05, 3.63) is 82.4 Å². The number of halogens is 1. The third-order valence-corrected chi connectivity index (χ3v) is 6.50. The van der Waals surface area contributed by atoms with Crippen molar-refractivity contribution in [2.45, 2.75) is 25.8 Å². The van der Waals surface area contributed by atoms with E-state index in [1.807, 2.05) is 84.6 Å². The summed E-state index contributed by atoms with van der Waals surface area (Å²) in [5.74, 6) is 1.26. The summed E-state index contributed by atoms with van der Waals surface area (Å²) in [7, 11) is 5.61. The number of nitrogens with zero attached hydrogens (tertiary/aromatic N) is 2. The fourth-order valence-electron chi connectivity index (χ4n) is 4.46. The van der Waals surface area contributed by atoms with E-state index in [1.165, 1.54) is 0 Å². The van der Waals surface area contributed by atoms with E-state index in [2.05, 4.69) is 6.92 Å². The van der Waals surface area contributed by atoms with Gasteiger partial charge in [-0.3, -0.25) is 4.79 Å². The zero-order chi connectivity index (χ0) is 25.7. The fourth-order valence-corrected chi connectivity index (χ4v) is 4.59. The van der Waals surface area contributed by atoms with Crippen LogP contribution in [0.5, 0.6) is 11.5 Å². The van der Waals surface area contributed by atoms with E-state index in [0.717, 1.165) is 34.5 Å². The largest absolute Gasteiger partial charge is 0.493 e. The molecule has 3 aromatic rings. The minimum absolute atomic E-state index is 0.0174. The van der Waals surface area contributed by atoms with Gasteiger partial charge in [0.1, 0.15) is 6.61 Å². The molecule has 3 aromatic carbocycles. The zero-order valence-electron chi connectivity index (χ0n) is 21.3. The van der Waals surface area contributed by atoms with Crippen molar-refractivity contribution in [2.75, 3.05) is 50.8 Å². The third kappa shape index (κ3) is 5.61. The molecule has 6 nitrogen and oxygen atoms in total. The molecule has 190 valence electrons. The summed E-state index contributed by atoms with van der Waals surface area (Å²) < 4.78 is 17.3. The number of benzene rings is 3. The molecule has 0 saturated carbocycles. The maximum atomic E-state index is 13.6. The van der Waals surface area contributed by atoms with Crippen LogP contribution in [0.15, 0.2) is 60.7 Å². The quantitative estimate of drug-likeness (QED) is 0.319. The van der Waals surface area contributed by atoms with Gasteiger partial charge in [-0.2, -0.15) is 0 Å². The Hall–Kier alpha value is -3.22. The number of carbonyl (C=O) groups excluding carboxylic acids is 1. The summed E-state index contributed by atoms with van der Waals surface area (Å²) in [4.78, 5) is 17.5. The molecule has 4 rings (SSSR count). The maximum absolute atomic E-state index is 13.6. The summed E-state index contributed by atoms with van der Waals surface area (Å²) in [6.07, 6.45) is 1.23. The molecule has 0 aliphatic carbocycles. The molecule has 7 heteroatoms. The highest BCUT2D eigenvalue weighted by Gasteiger charge is 2.36. The standard InChI is InChI=1S/C29H33ClN2O4/c1-5-14-35-15-16-36-27-19-25-21(17-26(27)34-4)18-28(33)32(24-12-10-23(11-13-24)31(2)3)29(25)20-6-8-22(30)9-7-20/h6-13,17,19,29H,5,14-16,18H2,1-4H3. The summed E-state index contributed by atoms with van der Waals surface area (Å²) in [6, 6.07) is 19.3. The number of methoxy groups -OCH3 is 1. The first kappa shape index (κ1) is 25.9. The van der Waals surface area contributed by atoms with Crippen LogP contribution in [0.25, 0.3) is 0 Å². The summed E-state index contributed by atoms with van der Waals surface area (Å²) in [5.41, 5.74) is 4.79. The van der Waals surface area contributed by atoms with Gasteiger partial charge in [0, 0.05) is 37.1 Å². The van der Waals surface area contributed by atoms with Gasteiger partial charge in [-0.1, -0.05) is 30.7 Å². The van der Waals surface area contributed by atoms with Crippen LogP contribution in [0.2, 0.25) is 5.02 Å². The molecule has 0 N–H and O–H groups in total. The van der Waals surface area contributed by atoms with Gasteiger partial charge in [-0.15, -0.1) is 0 Å². The molecule has 0 saturated heterocycles. The highest BCUT2D eigenvalue weighted by Crippen LogP contribution is 2.43. The minimum atomic E-state index is -0.340. The van der Waals surface area contributed by atoms with Crippen molar-refractivity contribution in [3.63, 3.8) is 0 Å². The van der Waals surface area contributed by atoms with Crippen LogP contribution < -0.4 is 19.3 Å². The molecule has 0 radical (unpaired) electrons. The monoisotopic (exact) mass is 508 g/mol. The van der Waals surface area contributed by atoms with Gasteiger partial charge in [0.05, 0.1) is 26.2 Å². The van der Waals surface area contributed by atoms with Crippen molar-refractivity contribution in [1.82, 2.24) is 0 Å². The molecule has 1 unspecified atom stereocenters. The average molecular weight is 509 g/mol. The molecule has 36 heavy (non-hydrogen) atoms. The van der Waals surface area contributed by atoms with Gasteiger partial charge in [-0.05, 0) is 71.6 Å². The van der Waals surface area contributed by atoms with Crippen LogP contribution in [0.4, 0.5) is 11.4 Å². The van der Waals surface area contributed by atoms with Crippen molar-refractivity contribution in [2.24, 2.45) is 0 Å². The Balaban J connectivity index is 1.77. The van der Waals surface area contributed by atoms with Gasteiger partial charge in [0.15, 0.2) is 11.5 Å². The van der Waals surface area contributed by atoms with Crippen LogP contribution in [-0.2, 0) is 16.0 Å². The van der Waals surface area contributed by atoms with Crippen LogP contribution >= 0.6 is 11.6 Å². The SMILES string of the molecule is CCCOCCOc1cc2c(cc1OC)CC(=O)N(c1ccc(N(C)C)cc1)C2c1ccc(Cl)cc1. The molecule has 1 heterocycles. The van der Waals surface area contributed by atoms with Gasteiger partial charge >= 0.3 is 0 Å². The Morgan fingerprint density at radius 1 is 0.972 bits per heavy atom. The van der Waals surface area contributed by atoms with E-state index in [1.54, 1.807) is 7.11 Å². The molecule has 1 aliphatic heterocycles. The van der Waals surface area contributed by atoms with Gasteiger partial charge in [0.2, 0.25) is 5.91 Å². The Bertz CT molecular complexity index is 1180. The number of ether oxygens (including phenoxy) is 3. The summed E-state index contributed by atoms with van der Waals surface area (Å²) in [6.45, 7) is 3.69. The lowest BCUT2D eigenvalue weighted by Crippen LogP contribution is -2.41. The van der Waals surface area contributed by atoms with E-state index in [-0.39, 0.29) is 18.4 Å². The molecule has 1 aliphatic rings. The highest BCUT2D eigenvalue weighted by molar-refractivity contribution is 6.30. The number of rotatable bonds is 10. The zero-order valence-corrected chi connectivity index (χ0v) is 22.0. The Kier molecular flexibility index (Phi) is 8.39. The van der Waals surface area contributed by atoms with Crippen molar-refractivity contribution in [1.29, 1.82) is 0 Å². The summed E-state index contributed by atoms with van der Waals surface area (Å²) >= 11 is 6.20. The van der Waals surface area contributed by atoms with E-state index >= 15 is 0 Å². The second kappa shape index (κ2) is 11.7. The lowest BCUT2D eigenvalue weighted by atomic mass is 9.87. The Labute approximate surface area is 218 Å². The van der Waals surface area contributed by atoms with E-state index < -0.39 is 0 Å². The number of hydrogen-bond donors (Lipinski definition) is 0. The molecule has 0 aromatic heterocycles. The highest BCUT2D eigenvalue weighted by atomic mass is 35.5. The second-order valence-corrected chi connectivity index (χ2v) is 9.40. The molecular formula is C29H33ClN2O4. The van der Waals surface area contributed by atoms with Crippen molar-refractivity contribution < 1.29 is 19.0 Å². The van der Waals surface area contributed by atoms with Crippen molar-refractivity contribution >= 4 is 28.9 Å². The minimum Gasteiger partial charge on any atom is -0.493 e.